The van der Waals surface area contributed by atoms with Crippen molar-refractivity contribution in [3.05, 3.63) is 9.90 Å². The number of hydrogen-bond acceptors (Lipinski definition) is 3. The molecule has 0 aliphatic rings. The zero-order chi connectivity index (χ0) is 8.48. The van der Waals surface area contributed by atoms with Gasteiger partial charge in [-0.05, 0) is 36.4 Å². The number of nitrogens with zero attached hydrogens (tertiary/aromatic N) is 3. The predicted molar refractivity (Wildman–Crippen MR) is 49.0 cm³/mol. The summed E-state index contributed by atoms with van der Waals surface area (Å²) in [6, 6.07) is 0. The summed E-state index contributed by atoms with van der Waals surface area (Å²) in [5.41, 5.74) is -0.748. The van der Waals surface area contributed by atoms with E-state index >= 15 is 0 Å². The standard InChI is InChI=1S/C6H10IN3O/c1-6(2,11)4-10-8-3-5(7)9-10/h3,11H,4H2,1-2H3. The van der Waals surface area contributed by atoms with Crippen molar-refractivity contribution in [3.63, 3.8) is 0 Å². The van der Waals surface area contributed by atoms with E-state index in [1.807, 2.05) is 0 Å². The second kappa shape index (κ2) is 3.06. The minimum atomic E-state index is -0.748. The molecule has 1 aromatic rings. The summed E-state index contributed by atoms with van der Waals surface area (Å²) in [4.78, 5) is 1.49. The molecular formula is C6H10IN3O. The lowest BCUT2D eigenvalue weighted by Gasteiger charge is -2.14. The fourth-order valence-corrected chi connectivity index (χ4v) is 1.07. The Balaban J connectivity index is 2.65. The van der Waals surface area contributed by atoms with Crippen LogP contribution in [0, 0.1) is 3.70 Å². The third-order valence-corrected chi connectivity index (χ3v) is 1.53. The van der Waals surface area contributed by atoms with E-state index in [1.165, 1.54) is 4.80 Å². The van der Waals surface area contributed by atoms with Crippen molar-refractivity contribution in [2.24, 2.45) is 0 Å². The van der Waals surface area contributed by atoms with E-state index in [0.29, 0.717) is 6.54 Å². The van der Waals surface area contributed by atoms with Gasteiger partial charge in [0.15, 0.2) is 0 Å². The number of rotatable bonds is 2. The second-order valence-electron chi connectivity index (χ2n) is 3.01. The normalized spacial score (nSPS) is 12.0. The van der Waals surface area contributed by atoms with Crippen LogP contribution in [0.5, 0.6) is 0 Å². The van der Waals surface area contributed by atoms with Crippen LogP contribution in [-0.4, -0.2) is 25.7 Å². The molecule has 0 unspecified atom stereocenters. The first-order valence-corrected chi connectivity index (χ1v) is 4.33. The molecule has 4 nitrogen and oxygen atoms in total. The molecule has 0 aliphatic heterocycles. The van der Waals surface area contributed by atoms with Gasteiger partial charge in [-0.15, -0.1) is 5.10 Å². The number of aromatic nitrogens is 3. The van der Waals surface area contributed by atoms with Crippen LogP contribution in [0.2, 0.25) is 0 Å². The summed E-state index contributed by atoms with van der Waals surface area (Å²) < 4.78 is 0.840. The molecule has 1 aromatic heterocycles. The van der Waals surface area contributed by atoms with Crippen LogP contribution in [0.4, 0.5) is 0 Å². The number of hydrogen-bond donors (Lipinski definition) is 1. The zero-order valence-electron chi connectivity index (χ0n) is 6.45. The summed E-state index contributed by atoms with van der Waals surface area (Å²) in [5, 5.41) is 17.3. The van der Waals surface area contributed by atoms with Crippen LogP contribution >= 0.6 is 22.6 Å². The Hall–Kier alpha value is -0.170. The maximum Gasteiger partial charge on any atom is 0.143 e. The van der Waals surface area contributed by atoms with Crippen molar-refractivity contribution in [2.45, 2.75) is 26.0 Å². The molecule has 0 aliphatic carbocycles. The molecule has 5 heteroatoms. The first-order valence-electron chi connectivity index (χ1n) is 3.25. The largest absolute Gasteiger partial charge is 0.388 e. The summed E-state index contributed by atoms with van der Waals surface area (Å²) in [5.74, 6) is 0. The molecule has 0 saturated heterocycles. The Morgan fingerprint density at radius 2 is 2.36 bits per heavy atom. The Kier molecular flexibility index (Phi) is 2.48. The average molecular weight is 267 g/mol. The summed E-state index contributed by atoms with van der Waals surface area (Å²) >= 11 is 2.08. The van der Waals surface area contributed by atoms with Crippen LogP contribution in [0.1, 0.15) is 13.8 Å². The molecule has 0 radical (unpaired) electrons. The Labute approximate surface area is 78.7 Å². The van der Waals surface area contributed by atoms with Gasteiger partial charge < -0.3 is 5.11 Å². The lowest BCUT2D eigenvalue weighted by molar-refractivity contribution is 0.0531. The molecule has 0 bridgehead atoms. The third-order valence-electron chi connectivity index (χ3n) is 1.04. The maximum atomic E-state index is 9.38. The molecule has 0 aromatic carbocycles. The smallest absolute Gasteiger partial charge is 0.143 e. The van der Waals surface area contributed by atoms with Crippen LogP contribution in [-0.2, 0) is 6.54 Å². The van der Waals surface area contributed by atoms with Gasteiger partial charge in [0.25, 0.3) is 0 Å². The fraction of sp³-hybridized carbons (Fsp3) is 0.667. The van der Waals surface area contributed by atoms with E-state index in [-0.39, 0.29) is 0 Å². The molecule has 0 spiro atoms. The molecule has 11 heavy (non-hydrogen) atoms. The van der Waals surface area contributed by atoms with Crippen LogP contribution < -0.4 is 0 Å². The summed E-state index contributed by atoms with van der Waals surface area (Å²) in [6.45, 7) is 3.88. The van der Waals surface area contributed by atoms with E-state index in [4.69, 9.17) is 0 Å². The molecule has 1 N–H and O–H groups in total. The highest BCUT2D eigenvalue weighted by Crippen LogP contribution is 2.04. The van der Waals surface area contributed by atoms with Gasteiger partial charge in [0.2, 0.25) is 0 Å². The SMILES string of the molecule is CC(C)(O)Cn1ncc(I)n1. The van der Waals surface area contributed by atoms with Crippen LogP contribution in [0.3, 0.4) is 0 Å². The quantitative estimate of drug-likeness (QED) is 0.800. The van der Waals surface area contributed by atoms with E-state index in [9.17, 15) is 5.11 Å². The van der Waals surface area contributed by atoms with Gasteiger partial charge in [-0.3, -0.25) is 0 Å². The van der Waals surface area contributed by atoms with Gasteiger partial charge >= 0.3 is 0 Å². The van der Waals surface area contributed by atoms with Gasteiger partial charge in [0.1, 0.15) is 3.70 Å². The second-order valence-corrected chi connectivity index (χ2v) is 4.12. The topological polar surface area (TPSA) is 50.9 Å². The number of halogens is 1. The van der Waals surface area contributed by atoms with Gasteiger partial charge in [-0.2, -0.15) is 9.90 Å². The zero-order valence-corrected chi connectivity index (χ0v) is 8.61. The first-order chi connectivity index (χ1) is 4.97. The minimum absolute atomic E-state index is 0.427. The van der Waals surface area contributed by atoms with E-state index in [1.54, 1.807) is 20.0 Å². The predicted octanol–water partition coefficient (Wildman–Crippen LogP) is 0.654. The summed E-state index contributed by atoms with van der Waals surface area (Å²) in [6.07, 6.45) is 1.66. The maximum absolute atomic E-state index is 9.38. The average Bonchev–Trinajstić information content (AvgIpc) is 2.10. The van der Waals surface area contributed by atoms with Crippen molar-refractivity contribution in [3.8, 4) is 0 Å². The van der Waals surface area contributed by atoms with Gasteiger partial charge in [0, 0.05) is 0 Å². The molecule has 0 fully saturated rings. The molecular weight excluding hydrogens is 257 g/mol. The van der Waals surface area contributed by atoms with Crippen molar-refractivity contribution in [2.75, 3.05) is 0 Å². The number of aliphatic hydroxyl groups is 1. The van der Waals surface area contributed by atoms with Crippen molar-refractivity contribution >= 4 is 22.6 Å². The van der Waals surface area contributed by atoms with Crippen LogP contribution in [0.15, 0.2) is 6.20 Å². The molecule has 0 saturated carbocycles. The third kappa shape index (κ3) is 3.15. The molecule has 1 rings (SSSR count). The van der Waals surface area contributed by atoms with Crippen molar-refractivity contribution in [1.82, 2.24) is 15.0 Å². The Morgan fingerprint density at radius 1 is 1.73 bits per heavy atom. The van der Waals surface area contributed by atoms with Crippen LogP contribution in [0.25, 0.3) is 0 Å². The van der Waals surface area contributed by atoms with E-state index in [2.05, 4.69) is 32.8 Å². The Bertz CT molecular complexity index is 240. The highest BCUT2D eigenvalue weighted by molar-refractivity contribution is 14.1. The fourth-order valence-electron chi connectivity index (χ4n) is 0.698. The minimum Gasteiger partial charge on any atom is -0.388 e. The first kappa shape index (κ1) is 8.92. The van der Waals surface area contributed by atoms with Gasteiger partial charge in [-0.25, -0.2) is 0 Å². The van der Waals surface area contributed by atoms with E-state index in [0.717, 1.165) is 3.70 Å². The monoisotopic (exact) mass is 267 g/mol. The molecule has 62 valence electrons. The van der Waals surface area contributed by atoms with Crippen molar-refractivity contribution < 1.29 is 5.11 Å². The van der Waals surface area contributed by atoms with Gasteiger partial charge in [0.05, 0.1) is 18.3 Å². The highest BCUT2D eigenvalue weighted by Gasteiger charge is 2.14. The lowest BCUT2D eigenvalue weighted by atomic mass is 10.1. The molecule has 0 amide bonds. The molecule has 1 heterocycles. The highest BCUT2D eigenvalue weighted by atomic mass is 127. The van der Waals surface area contributed by atoms with Gasteiger partial charge in [-0.1, -0.05) is 0 Å². The molecule has 0 atom stereocenters. The van der Waals surface area contributed by atoms with E-state index < -0.39 is 5.60 Å². The summed E-state index contributed by atoms with van der Waals surface area (Å²) in [7, 11) is 0. The van der Waals surface area contributed by atoms with Crippen molar-refractivity contribution in [1.29, 1.82) is 0 Å². The lowest BCUT2D eigenvalue weighted by Crippen LogP contribution is -2.27. The Morgan fingerprint density at radius 3 is 2.73 bits per heavy atom.